The lowest BCUT2D eigenvalue weighted by molar-refractivity contribution is 0.535. The van der Waals surface area contributed by atoms with Crippen LogP contribution in [-0.2, 0) is 0 Å². The van der Waals surface area contributed by atoms with Crippen LogP contribution in [0.25, 0.3) is 27.1 Å². The van der Waals surface area contributed by atoms with Gasteiger partial charge in [-0.15, -0.1) is 10.2 Å². The molecule has 0 N–H and O–H groups in total. The van der Waals surface area contributed by atoms with Crippen LogP contribution in [0.2, 0.25) is 0 Å². The quantitative estimate of drug-likeness (QED) is 0.566. The molecule has 0 aliphatic carbocycles. The summed E-state index contributed by atoms with van der Waals surface area (Å²) in [6.07, 6.45) is 3.39. The van der Waals surface area contributed by atoms with Crippen LogP contribution in [-0.4, -0.2) is 24.8 Å². The monoisotopic (exact) mass is 283 g/mol. The molecule has 4 aromatic rings. The molecule has 98 valence electrons. The smallest absolute Gasteiger partial charge is 0.235 e. The molecule has 0 fully saturated rings. The average molecular weight is 283 g/mol. The average Bonchev–Trinajstić information content (AvgIpc) is 3.15. The molecule has 0 bridgehead atoms. The van der Waals surface area contributed by atoms with Gasteiger partial charge in [0.05, 0.1) is 11.8 Å². The second-order valence-corrected chi connectivity index (χ2v) is 5.19. The molecule has 0 radical (unpaired) electrons. The normalized spacial score (nSPS) is 11.2. The number of hydrogen-bond donors (Lipinski definition) is 0. The lowest BCUT2D eigenvalue weighted by atomic mass is 10.2. The Morgan fingerprint density at radius 3 is 2.90 bits per heavy atom. The zero-order valence-electron chi connectivity index (χ0n) is 10.5. The van der Waals surface area contributed by atoms with Crippen LogP contribution < -0.4 is 0 Å². The Bertz CT molecular complexity index is 877. The fourth-order valence-corrected chi connectivity index (χ4v) is 2.81. The van der Waals surface area contributed by atoms with Gasteiger partial charge in [0, 0.05) is 6.20 Å². The Morgan fingerprint density at radius 1 is 1.20 bits per heavy atom. The van der Waals surface area contributed by atoms with Gasteiger partial charge >= 0.3 is 0 Å². The number of nitrogens with zero attached hydrogens (tertiary/aromatic N) is 5. The predicted molar refractivity (Wildman–Crippen MR) is 74.3 cm³/mol. The first-order chi connectivity index (χ1) is 9.83. The van der Waals surface area contributed by atoms with Crippen LogP contribution in [0.3, 0.4) is 0 Å². The molecule has 0 aliphatic heterocycles. The lowest BCUT2D eigenvalue weighted by Gasteiger charge is -1.94. The molecule has 0 unspecified atom stereocenters. The van der Waals surface area contributed by atoms with Crippen LogP contribution in [0.4, 0.5) is 0 Å². The summed E-state index contributed by atoms with van der Waals surface area (Å²) < 4.78 is 7.04. The van der Waals surface area contributed by atoms with Gasteiger partial charge in [0.25, 0.3) is 0 Å². The van der Waals surface area contributed by atoms with Crippen molar-refractivity contribution in [2.75, 3.05) is 0 Å². The van der Waals surface area contributed by atoms with Crippen molar-refractivity contribution in [1.29, 1.82) is 0 Å². The molecule has 6 nitrogen and oxygen atoms in total. The van der Waals surface area contributed by atoms with Gasteiger partial charge in [-0.3, -0.25) is 4.98 Å². The van der Waals surface area contributed by atoms with E-state index in [2.05, 4.69) is 20.3 Å². The van der Waals surface area contributed by atoms with Gasteiger partial charge < -0.3 is 4.42 Å². The third kappa shape index (κ3) is 1.64. The van der Waals surface area contributed by atoms with Crippen LogP contribution in [0, 0.1) is 6.92 Å². The maximum atomic E-state index is 5.31. The van der Waals surface area contributed by atoms with E-state index in [-0.39, 0.29) is 0 Å². The molecule has 0 amide bonds. The highest BCUT2D eigenvalue weighted by molar-refractivity contribution is 7.19. The first-order valence-corrected chi connectivity index (χ1v) is 6.83. The summed E-state index contributed by atoms with van der Waals surface area (Å²) in [7, 11) is 0. The Labute approximate surface area is 117 Å². The number of aromatic nitrogens is 5. The van der Waals surface area contributed by atoms with Crippen molar-refractivity contribution >= 4 is 16.3 Å². The molecule has 0 saturated heterocycles. The fourth-order valence-electron chi connectivity index (χ4n) is 1.99. The van der Waals surface area contributed by atoms with Gasteiger partial charge in [0.15, 0.2) is 10.8 Å². The lowest BCUT2D eigenvalue weighted by Crippen LogP contribution is -1.91. The van der Waals surface area contributed by atoms with Gasteiger partial charge in [0.2, 0.25) is 4.96 Å². The van der Waals surface area contributed by atoms with E-state index in [0.29, 0.717) is 5.82 Å². The highest BCUT2D eigenvalue weighted by Crippen LogP contribution is 2.28. The van der Waals surface area contributed by atoms with Crippen molar-refractivity contribution in [1.82, 2.24) is 24.8 Å². The topological polar surface area (TPSA) is 69.1 Å². The third-order valence-corrected chi connectivity index (χ3v) is 3.90. The highest BCUT2D eigenvalue weighted by Gasteiger charge is 2.17. The fraction of sp³-hybridized carbons (Fsp3) is 0.0769. The van der Waals surface area contributed by atoms with Crippen LogP contribution in [0.1, 0.15) is 5.76 Å². The summed E-state index contributed by atoms with van der Waals surface area (Å²) >= 11 is 1.46. The number of furan rings is 1. The molecule has 0 aliphatic rings. The van der Waals surface area contributed by atoms with Gasteiger partial charge in [-0.2, -0.15) is 9.61 Å². The molecule has 4 rings (SSSR count). The number of rotatable bonds is 2. The van der Waals surface area contributed by atoms with Gasteiger partial charge in [-0.25, -0.2) is 0 Å². The molecule has 0 atom stereocenters. The van der Waals surface area contributed by atoms with E-state index in [1.807, 2.05) is 31.2 Å². The molecular formula is C13H9N5OS. The Balaban J connectivity index is 1.90. The molecule has 20 heavy (non-hydrogen) atoms. The van der Waals surface area contributed by atoms with Crippen molar-refractivity contribution in [3.8, 4) is 22.1 Å². The van der Waals surface area contributed by atoms with E-state index in [0.717, 1.165) is 27.0 Å². The Morgan fingerprint density at radius 2 is 2.15 bits per heavy atom. The Hall–Kier alpha value is -2.54. The molecule has 0 spiro atoms. The van der Waals surface area contributed by atoms with Crippen LogP contribution in [0.15, 0.2) is 41.1 Å². The van der Waals surface area contributed by atoms with Crippen molar-refractivity contribution in [2.24, 2.45) is 0 Å². The van der Waals surface area contributed by atoms with Crippen molar-refractivity contribution in [3.05, 3.63) is 42.5 Å². The number of aryl methyl sites for hydroxylation is 1. The van der Waals surface area contributed by atoms with E-state index < -0.39 is 0 Å². The SMILES string of the molecule is Cc1occc1-c1nnc2sc(-c3ccccn3)nn12. The van der Waals surface area contributed by atoms with E-state index in [1.54, 1.807) is 17.0 Å². The maximum absolute atomic E-state index is 5.31. The van der Waals surface area contributed by atoms with Gasteiger partial charge in [0.1, 0.15) is 11.5 Å². The number of hydrogen-bond acceptors (Lipinski definition) is 6. The van der Waals surface area contributed by atoms with Crippen molar-refractivity contribution in [2.45, 2.75) is 6.92 Å². The van der Waals surface area contributed by atoms with E-state index >= 15 is 0 Å². The second kappa shape index (κ2) is 4.24. The standard InChI is InChI=1S/C13H9N5OS/c1-8-9(5-7-19-8)11-15-16-13-18(11)17-12(20-13)10-4-2-3-6-14-10/h2-7H,1H3. The minimum Gasteiger partial charge on any atom is -0.469 e. The molecule has 0 aromatic carbocycles. The predicted octanol–water partition coefficient (Wildman–Crippen LogP) is 2.82. The van der Waals surface area contributed by atoms with E-state index in [9.17, 15) is 0 Å². The zero-order valence-corrected chi connectivity index (χ0v) is 11.3. The van der Waals surface area contributed by atoms with Crippen molar-refractivity contribution < 1.29 is 4.42 Å². The molecular weight excluding hydrogens is 274 g/mol. The van der Waals surface area contributed by atoms with E-state index in [1.165, 1.54) is 11.3 Å². The van der Waals surface area contributed by atoms with E-state index in [4.69, 9.17) is 4.42 Å². The zero-order chi connectivity index (χ0) is 13.5. The number of fused-ring (bicyclic) bond motifs is 1. The summed E-state index contributed by atoms with van der Waals surface area (Å²) in [5.74, 6) is 1.48. The minimum absolute atomic E-state index is 0.685. The first kappa shape index (κ1) is 11.3. The summed E-state index contributed by atoms with van der Waals surface area (Å²) in [5.41, 5.74) is 1.73. The summed E-state index contributed by atoms with van der Waals surface area (Å²) in [6.45, 7) is 1.89. The van der Waals surface area contributed by atoms with Gasteiger partial charge in [-0.05, 0) is 25.1 Å². The molecule has 4 aromatic heterocycles. The van der Waals surface area contributed by atoms with Gasteiger partial charge in [-0.1, -0.05) is 17.4 Å². The minimum atomic E-state index is 0.685. The molecule has 4 heterocycles. The molecule has 0 saturated carbocycles. The largest absolute Gasteiger partial charge is 0.469 e. The maximum Gasteiger partial charge on any atom is 0.235 e. The molecule has 7 heteroatoms. The summed E-state index contributed by atoms with van der Waals surface area (Å²) in [5, 5.41) is 13.7. The third-order valence-electron chi connectivity index (χ3n) is 2.97. The van der Waals surface area contributed by atoms with Crippen molar-refractivity contribution in [3.63, 3.8) is 0 Å². The Kier molecular flexibility index (Phi) is 2.40. The first-order valence-electron chi connectivity index (χ1n) is 6.01. The highest BCUT2D eigenvalue weighted by atomic mass is 32.1. The number of pyridine rings is 1. The van der Waals surface area contributed by atoms with Crippen LogP contribution in [0.5, 0.6) is 0 Å². The second-order valence-electron chi connectivity index (χ2n) is 4.23. The summed E-state index contributed by atoms with van der Waals surface area (Å²) in [6, 6.07) is 7.61. The summed E-state index contributed by atoms with van der Waals surface area (Å²) in [4.78, 5) is 5.04. The van der Waals surface area contributed by atoms with Crippen LogP contribution >= 0.6 is 11.3 Å².